The molecule has 0 heterocycles. The molecule has 1 amide bonds. The number of rotatable bonds is 9. The molecule has 0 aliphatic carbocycles. The van der Waals surface area contributed by atoms with Crippen LogP contribution >= 0.6 is 0 Å². The molecule has 0 radical (unpaired) electrons. The van der Waals surface area contributed by atoms with E-state index in [0.717, 1.165) is 30.7 Å². The monoisotopic (exact) mass is 293 g/mol. The van der Waals surface area contributed by atoms with Gasteiger partial charge < -0.3 is 14.4 Å². The van der Waals surface area contributed by atoms with E-state index in [2.05, 4.69) is 0 Å². The maximum atomic E-state index is 12.0. The summed E-state index contributed by atoms with van der Waals surface area (Å²) >= 11 is 0. The van der Waals surface area contributed by atoms with Crippen LogP contribution in [0.2, 0.25) is 0 Å². The van der Waals surface area contributed by atoms with Crippen molar-refractivity contribution >= 4 is 5.91 Å². The van der Waals surface area contributed by atoms with E-state index in [1.54, 1.807) is 12.0 Å². The zero-order chi connectivity index (χ0) is 15.7. The topological polar surface area (TPSA) is 38.8 Å². The molecule has 1 rings (SSSR count). The van der Waals surface area contributed by atoms with Gasteiger partial charge in [-0.05, 0) is 44.4 Å². The van der Waals surface area contributed by atoms with Crippen LogP contribution in [0, 0.1) is 0 Å². The van der Waals surface area contributed by atoms with Crippen molar-refractivity contribution in [2.75, 3.05) is 27.3 Å². The molecule has 0 aromatic heterocycles. The van der Waals surface area contributed by atoms with Gasteiger partial charge >= 0.3 is 0 Å². The first-order chi connectivity index (χ1) is 10.0. The van der Waals surface area contributed by atoms with Crippen LogP contribution in [0.25, 0.3) is 0 Å². The van der Waals surface area contributed by atoms with E-state index in [1.807, 2.05) is 45.2 Å². The second-order valence-corrected chi connectivity index (χ2v) is 5.44. The summed E-state index contributed by atoms with van der Waals surface area (Å²) in [4.78, 5) is 13.8. The van der Waals surface area contributed by atoms with E-state index in [9.17, 15) is 4.79 Å². The number of methoxy groups -OCH3 is 1. The molecule has 0 saturated heterocycles. The van der Waals surface area contributed by atoms with Crippen LogP contribution in [0.5, 0.6) is 5.75 Å². The van der Waals surface area contributed by atoms with Crippen LogP contribution in [-0.2, 0) is 16.0 Å². The molecule has 1 aromatic rings. The van der Waals surface area contributed by atoms with E-state index in [-0.39, 0.29) is 12.0 Å². The molecule has 0 aliphatic rings. The minimum absolute atomic E-state index is 0.176. The normalized spacial score (nSPS) is 10.7. The number of nitrogens with zero attached hydrogens (tertiary/aromatic N) is 1. The largest absolute Gasteiger partial charge is 0.497 e. The third kappa shape index (κ3) is 7.14. The minimum atomic E-state index is 0.176. The van der Waals surface area contributed by atoms with Gasteiger partial charge in [0.15, 0.2) is 0 Å². The molecule has 0 fully saturated rings. The lowest BCUT2D eigenvalue weighted by atomic mass is 10.1. The van der Waals surface area contributed by atoms with Gasteiger partial charge in [0.05, 0.1) is 13.2 Å². The Morgan fingerprint density at radius 2 is 1.90 bits per heavy atom. The molecule has 0 unspecified atom stereocenters. The van der Waals surface area contributed by atoms with Crippen molar-refractivity contribution in [3.05, 3.63) is 29.8 Å². The molecule has 1 aromatic carbocycles. The van der Waals surface area contributed by atoms with E-state index >= 15 is 0 Å². The molecular formula is C17H27NO3. The summed E-state index contributed by atoms with van der Waals surface area (Å²) in [6, 6.07) is 7.85. The lowest BCUT2D eigenvalue weighted by Crippen LogP contribution is -2.28. The third-order valence-corrected chi connectivity index (χ3v) is 3.30. The zero-order valence-electron chi connectivity index (χ0n) is 13.6. The number of carbonyl (C=O) groups is 1. The molecule has 21 heavy (non-hydrogen) atoms. The zero-order valence-corrected chi connectivity index (χ0v) is 13.6. The number of hydrogen-bond acceptors (Lipinski definition) is 3. The number of amides is 1. The predicted molar refractivity (Wildman–Crippen MR) is 84.7 cm³/mol. The first-order valence-electron chi connectivity index (χ1n) is 7.51. The average Bonchev–Trinajstić information content (AvgIpc) is 2.49. The molecule has 118 valence electrons. The maximum Gasteiger partial charge on any atom is 0.222 e. The number of hydrogen-bond donors (Lipinski definition) is 0. The van der Waals surface area contributed by atoms with Crippen molar-refractivity contribution in [1.29, 1.82) is 0 Å². The first kappa shape index (κ1) is 17.5. The van der Waals surface area contributed by atoms with Crippen LogP contribution in [0.3, 0.4) is 0 Å². The van der Waals surface area contributed by atoms with Gasteiger partial charge in [-0.15, -0.1) is 0 Å². The lowest BCUT2D eigenvalue weighted by Gasteiger charge is -2.17. The highest BCUT2D eigenvalue weighted by atomic mass is 16.5. The van der Waals surface area contributed by atoms with Crippen molar-refractivity contribution in [2.45, 2.75) is 39.2 Å². The Morgan fingerprint density at radius 3 is 2.48 bits per heavy atom. The number of ether oxygens (including phenoxy) is 2. The van der Waals surface area contributed by atoms with E-state index in [0.29, 0.717) is 13.0 Å². The lowest BCUT2D eigenvalue weighted by molar-refractivity contribution is -0.130. The van der Waals surface area contributed by atoms with Gasteiger partial charge in [-0.25, -0.2) is 0 Å². The Morgan fingerprint density at radius 1 is 1.24 bits per heavy atom. The van der Waals surface area contributed by atoms with Crippen molar-refractivity contribution < 1.29 is 14.3 Å². The first-order valence-corrected chi connectivity index (χ1v) is 7.51. The Balaban J connectivity index is 2.25. The number of carbonyl (C=O) groups excluding carboxylic acids is 1. The van der Waals surface area contributed by atoms with Crippen molar-refractivity contribution in [1.82, 2.24) is 4.90 Å². The Kier molecular flexibility index (Phi) is 7.83. The molecule has 0 saturated carbocycles. The highest BCUT2D eigenvalue weighted by molar-refractivity contribution is 5.76. The van der Waals surface area contributed by atoms with Gasteiger partial charge in [0.2, 0.25) is 5.91 Å². The molecule has 4 nitrogen and oxygen atoms in total. The van der Waals surface area contributed by atoms with Gasteiger partial charge in [-0.2, -0.15) is 0 Å². The molecule has 0 spiro atoms. The summed E-state index contributed by atoms with van der Waals surface area (Å²) in [7, 11) is 3.50. The van der Waals surface area contributed by atoms with Gasteiger partial charge in [0, 0.05) is 26.6 Å². The third-order valence-electron chi connectivity index (χ3n) is 3.30. The summed E-state index contributed by atoms with van der Waals surface area (Å²) in [5, 5.41) is 0. The predicted octanol–water partition coefficient (Wildman–Crippen LogP) is 2.90. The number of benzene rings is 1. The molecule has 0 atom stereocenters. The standard InChI is InChI=1S/C17H27NO3/c1-14(2)21-13-5-12-18(3)17(19)11-8-15-6-9-16(20-4)10-7-15/h6-7,9-10,14H,5,8,11-13H2,1-4H3. The molecule has 0 bridgehead atoms. The van der Waals surface area contributed by atoms with E-state index < -0.39 is 0 Å². The van der Waals surface area contributed by atoms with Crippen LogP contribution in [-0.4, -0.2) is 44.2 Å². The Bertz CT molecular complexity index is 415. The van der Waals surface area contributed by atoms with Crippen LogP contribution in [0.4, 0.5) is 0 Å². The van der Waals surface area contributed by atoms with Gasteiger partial charge in [0.1, 0.15) is 5.75 Å². The highest BCUT2D eigenvalue weighted by Gasteiger charge is 2.08. The molecule has 0 N–H and O–H groups in total. The minimum Gasteiger partial charge on any atom is -0.497 e. The summed E-state index contributed by atoms with van der Waals surface area (Å²) in [6.45, 7) is 5.48. The fourth-order valence-corrected chi connectivity index (χ4v) is 1.98. The summed E-state index contributed by atoms with van der Waals surface area (Å²) in [5.41, 5.74) is 1.15. The number of aryl methyl sites for hydroxylation is 1. The SMILES string of the molecule is COc1ccc(CCC(=O)N(C)CCCOC(C)C)cc1. The van der Waals surface area contributed by atoms with Gasteiger partial charge in [-0.3, -0.25) is 4.79 Å². The van der Waals surface area contributed by atoms with Crippen LogP contribution in [0.1, 0.15) is 32.3 Å². The average molecular weight is 293 g/mol. The summed E-state index contributed by atoms with van der Waals surface area (Å²) < 4.78 is 10.6. The van der Waals surface area contributed by atoms with Crippen molar-refractivity contribution in [3.8, 4) is 5.75 Å². The second-order valence-electron chi connectivity index (χ2n) is 5.44. The van der Waals surface area contributed by atoms with Crippen LogP contribution < -0.4 is 4.74 Å². The van der Waals surface area contributed by atoms with E-state index in [1.165, 1.54) is 0 Å². The smallest absolute Gasteiger partial charge is 0.222 e. The van der Waals surface area contributed by atoms with Crippen molar-refractivity contribution in [3.63, 3.8) is 0 Å². The van der Waals surface area contributed by atoms with Crippen LogP contribution in [0.15, 0.2) is 24.3 Å². The fourth-order valence-electron chi connectivity index (χ4n) is 1.98. The summed E-state index contributed by atoms with van der Waals surface area (Å²) in [6.07, 6.45) is 2.42. The highest BCUT2D eigenvalue weighted by Crippen LogP contribution is 2.13. The Labute approximate surface area is 128 Å². The van der Waals surface area contributed by atoms with E-state index in [4.69, 9.17) is 9.47 Å². The van der Waals surface area contributed by atoms with Crippen molar-refractivity contribution in [2.24, 2.45) is 0 Å². The quantitative estimate of drug-likeness (QED) is 0.657. The molecule has 0 aliphatic heterocycles. The Hall–Kier alpha value is -1.55. The summed E-state index contributed by atoms with van der Waals surface area (Å²) in [5.74, 6) is 1.02. The van der Waals surface area contributed by atoms with Gasteiger partial charge in [-0.1, -0.05) is 12.1 Å². The molecule has 4 heteroatoms. The maximum absolute atomic E-state index is 12.0. The fraction of sp³-hybridized carbons (Fsp3) is 0.588. The van der Waals surface area contributed by atoms with Gasteiger partial charge in [0.25, 0.3) is 0 Å². The second kappa shape index (κ2) is 9.40. The molecular weight excluding hydrogens is 266 g/mol.